The average molecular weight is 377 g/mol. The molecule has 0 fully saturated rings. The number of pyridine rings is 1. The van der Waals surface area contributed by atoms with E-state index in [0.717, 1.165) is 26.1 Å². The predicted octanol–water partition coefficient (Wildman–Crippen LogP) is 3.57. The van der Waals surface area contributed by atoms with Gasteiger partial charge in [-0.3, -0.25) is 4.98 Å². The highest BCUT2D eigenvalue weighted by molar-refractivity contribution is 9.11. The van der Waals surface area contributed by atoms with E-state index >= 15 is 0 Å². The molecule has 3 nitrogen and oxygen atoms in total. The largest absolute Gasteiger partial charge is 0.311 e. The number of aromatic nitrogens is 2. The standard InChI is InChI=1S/C11H11Br2N3S/c1-14-9(5-10-15-2-3-17-10)11-8(13)4-7(12)6-16-11/h2-4,6,9,14H,5H2,1H3. The van der Waals surface area contributed by atoms with Gasteiger partial charge in [0.05, 0.1) is 16.7 Å². The summed E-state index contributed by atoms with van der Waals surface area (Å²) in [6.07, 6.45) is 4.49. The van der Waals surface area contributed by atoms with E-state index in [1.165, 1.54) is 0 Å². The maximum absolute atomic E-state index is 4.45. The predicted molar refractivity (Wildman–Crippen MR) is 77.3 cm³/mol. The Kier molecular flexibility index (Phi) is 4.67. The van der Waals surface area contributed by atoms with Crippen molar-refractivity contribution in [3.63, 3.8) is 0 Å². The lowest BCUT2D eigenvalue weighted by Crippen LogP contribution is -2.20. The molecule has 0 aliphatic carbocycles. The molecule has 17 heavy (non-hydrogen) atoms. The van der Waals surface area contributed by atoms with E-state index in [4.69, 9.17) is 0 Å². The van der Waals surface area contributed by atoms with Crippen LogP contribution in [0.3, 0.4) is 0 Å². The summed E-state index contributed by atoms with van der Waals surface area (Å²) in [6, 6.07) is 2.18. The lowest BCUT2D eigenvalue weighted by molar-refractivity contribution is 0.571. The molecule has 1 unspecified atom stereocenters. The molecule has 0 saturated heterocycles. The fourth-order valence-electron chi connectivity index (χ4n) is 1.55. The molecule has 0 amide bonds. The third kappa shape index (κ3) is 3.34. The van der Waals surface area contributed by atoms with Gasteiger partial charge in [0.1, 0.15) is 0 Å². The van der Waals surface area contributed by atoms with Crippen LogP contribution in [0.25, 0.3) is 0 Å². The van der Waals surface area contributed by atoms with Crippen LogP contribution in [0.15, 0.2) is 32.8 Å². The van der Waals surface area contributed by atoms with Crippen molar-refractivity contribution in [2.24, 2.45) is 0 Å². The minimum absolute atomic E-state index is 0.170. The van der Waals surface area contributed by atoms with Gasteiger partial charge in [0.15, 0.2) is 0 Å². The van der Waals surface area contributed by atoms with E-state index in [9.17, 15) is 0 Å². The fraction of sp³-hybridized carbons (Fsp3) is 0.273. The van der Waals surface area contributed by atoms with Crippen molar-refractivity contribution in [2.45, 2.75) is 12.5 Å². The first-order chi connectivity index (χ1) is 8.20. The zero-order valence-electron chi connectivity index (χ0n) is 9.15. The van der Waals surface area contributed by atoms with Gasteiger partial charge in [-0.05, 0) is 45.0 Å². The molecular weight excluding hydrogens is 366 g/mol. The van der Waals surface area contributed by atoms with Gasteiger partial charge in [0, 0.05) is 33.1 Å². The Bertz CT molecular complexity index is 487. The molecule has 6 heteroatoms. The first-order valence-corrected chi connectivity index (χ1v) is 7.54. The third-order valence-corrected chi connectivity index (χ3v) is 4.25. The molecule has 0 saturated carbocycles. The second kappa shape index (κ2) is 6.04. The average Bonchev–Trinajstić information content (AvgIpc) is 2.79. The normalized spacial score (nSPS) is 12.6. The molecule has 0 aromatic carbocycles. The van der Waals surface area contributed by atoms with E-state index in [-0.39, 0.29) is 6.04 Å². The summed E-state index contributed by atoms with van der Waals surface area (Å²) >= 11 is 8.61. The van der Waals surface area contributed by atoms with Gasteiger partial charge < -0.3 is 5.32 Å². The van der Waals surface area contributed by atoms with E-state index in [2.05, 4.69) is 47.1 Å². The third-order valence-electron chi connectivity index (χ3n) is 2.38. The Morgan fingerprint density at radius 1 is 1.41 bits per heavy atom. The number of thiazole rings is 1. The van der Waals surface area contributed by atoms with Crippen molar-refractivity contribution < 1.29 is 0 Å². The molecule has 2 aromatic heterocycles. The maximum Gasteiger partial charge on any atom is 0.0944 e. The quantitative estimate of drug-likeness (QED) is 0.886. The second-order valence-electron chi connectivity index (χ2n) is 3.49. The molecule has 0 radical (unpaired) electrons. The molecular formula is C11H11Br2N3S. The van der Waals surface area contributed by atoms with Crippen molar-refractivity contribution in [1.82, 2.24) is 15.3 Å². The smallest absolute Gasteiger partial charge is 0.0944 e. The Balaban J connectivity index is 2.23. The Hall–Kier alpha value is -0.300. The molecule has 0 bridgehead atoms. The first-order valence-electron chi connectivity index (χ1n) is 5.07. The van der Waals surface area contributed by atoms with Gasteiger partial charge in [0.25, 0.3) is 0 Å². The van der Waals surface area contributed by atoms with E-state index in [1.54, 1.807) is 11.3 Å². The SMILES string of the molecule is CNC(Cc1nccs1)c1ncc(Br)cc1Br. The van der Waals surface area contributed by atoms with Gasteiger partial charge in [-0.25, -0.2) is 4.98 Å². The highest BCUT2D eigenvalue weighted by Gasteiger charge is 2.16. The van der Waals surface area contributed by atoms with Crippen LogP contribution in [0, 0.1) is 0 Å². The highest BCUT2D eigenvalue weighted by atomic mass is 79.9. The zero-order valence-corrected chi connectivity index (χ0v) is 13.1. The summed E-state index contributed by atoms with van der Waals surface area (Å²) in [4.78, 5) is 8.75. The molecule has 0 aliphatic rings. The molecule has 2 heterocycles. The van der Waals surface area contributed by atoms with Crippen LogP contribution < -0.4 is 5.32 Å². The molecule has 1 atom stereocenters. The monoisotopic (exact) mass is 375 g/mol. The van der Waals surface area contributed by atoms with Gasteiger partial charge in [-0.15, -0.1) is 11.3 Å². The minimum atomic E-state index is 0.170. The number of likely N-dealkylation sites (N-methyl/N-ethyl adjacent to an activating group) is 1. The first kappa shape index (κ1) is 13.1. The van der Waals surface area contributed by atoms with Crippen LogP contribution in [0.5, 0.6) is 0 Å². The highest BCUT2D eigenvalue weighted by Crippen LogP contribution is 2.26. The molecule has 0 spiro atoms. The van der Waals surface area contributed by atoms with Crippen molar-refractivity contribution >= 4 is 43.2 Å². The molecule has 1 N–H and O–H groups in total. The van der Waals surface area contributed by atoms with Gasteiger partial charge in [0.2, 0.25) is 0 Å². The summed E-state index contributed by atoms with van der Waals surface area (Å²) in [5, 5.41) is 6.38. The van der Waals surface area contributed by atoms with E-state index < -0.39 is 0 Å². The number of rotatable bonds is 4. The van der Waals surface area contributed by atoms with Crippen molar-refractivity contribution in [3.05, 3.63) is 43.5 Å². The number of hydrogen-bond acceptors (Lipinski definition) is 4. The zero-order chi connectivity index (χ0) is 12.3. The lowest BCUT2D eigenvalue weighted by atomic mass is 10.1. The molecule has 2 aromatic rings. The van der Waals surface area contributed by atoms with E-state index in [0.29, 0.717) is 0 Å². The van der Waals surface area contributed by atoms with Gasteiger partial charge in [-0.1, -0.05) is 0 Å². The van der Waals surface area contributed by atoms with Crippen LogP contribution in [0.1, 0.15) is 16.7 Å². The number of nitrogens with one attached hydrogen (secondary N) is 1. The summed E-state index contributed by atoms with van der Waals surface area (Å²) in [5.41, 5.74) is 1.01. The maximum atomic E-state index is 4.45. The Labute approximate surface area is 121 Å². The van der Waals surface area contributed by atoms with Crippen LogP contribution in [0.4, 0.5) is 0 Å². The van der Waals surface area contributed by atoms with Crippen molar-refractivity contribution in [1.29, 1.82) is 0 Å². The van der Waals surface area contributed by atoms with E-state index in [1.807, 2.05) is 30.9 Å². The molecule has 2 rings (SSSR count). The van der Waals surface area contributed by atoms with Crippen molar-refractivity contribution in [3.8, 4) is 0 Å². The Morgan fingerprint density at radius 3 is 2.82 bits per heavy atom. The number of hydrogen-bond donors (Lipinski definition) is 1. The molecule has 90 valence electrons. The topological polar surface area (TPSA) is 37.8 Å². The van der Waals surface area contributed by atoms with Gasteiger partial charge in [-0.2, -0.15) is 0 Å². The second-order valence-corrected chi connectivity index (χ2v) is 6.24. The summed E-state index contributed by atoms with van der Waals surface area (Å²) in [5.74, 6) is 0. The minimum Gasteiger partial charge on any atom is -0.311 e. The van der Waals surface area contributed by atoms with Crippen LogP contribution in [0.2, 0.25) is 0 Å². The fourth-order valence-corrected chi connectivity index (χ4v) is 3.47. The van der Waals surface area contributed by atoms with Crippen molar-refractivity contribution in [2.75, 3.05) is 7.05 Å². The summed E-state index contributed by atoms with van der Waals surface area (Å²) < 4.78 is 1.97. The number of halogens is 2. The summed E-state index contributed by atoms with van der Waals surface area (Å²) in [7, 11) is 1.94. The van der Waals surface area contributed by atoms with Crippen LogP contribution in [-0.2, 0) is 6.42 Å². The van der Waals surface area contributed by atoms with Crippen LogP contribution >= 0.6 is 43.2 Å². The number of nitrogens with zero attached hydrogens (tertiary/aromatic N) is 2. The summed E-state index contributed by atoms with van der Waals surface area (Å²) in [6.45, 7) is 0. The van der Waals surface area contributed by atoms with Crippen LogP contribution in [-0.4, -0.2) is 17.0 Å². The molecule has 0 aliphatic heterocycles. The Morgan fingerprint density at radius 2 is 2.24 bits per heavy atom. The van der Waals surface area contributed by atoms with Gasteiger partial charge >= 0.3 is 0 Å². The lowest BCUT2D eigenvalue weighted by Gasteiger charge is -2.15.